The lowest BCUT2D eigenvalue weighted by molar-refractivity contribution is -0.120. The molecule has 27 heavy (non-hydrogen) atoms. The summed E-state index contributed by atoms with van der Waals surface area (Å²) in [7, 11) is 1.69. The summed E-state index contributed by atoms with van der Waals surface area (Å²) in [6.45, 7) is 2.38. The molecule has 0 spiro atoms. The summed E-state index contributed by atoms with van der Waals surface area (Å²) in [6, 6.07) is 6.61. The molecular weight excluding hydrogens is 344 g/mol. The molecule has 0 saturated heterocycles. The zero-order chi connectivity index (χ0) is 18.8. The fourth-order valence-electron chi connectivity index (χ4n) is 4.43. The van der Waals surface area contributed by atoms with Crippen molar-refractivity contribution in [3.05, 3.63) is 41.2 Å². The van der Waals surface area contributed by atoms with Crippen LogP contribution < -0.4 is 15.0 Å². The fraction of sp³-hybridized carbons (Fsp3) is 0.450. The van der Waals surface area contributed by atoms with Gasteiger partial charge in [0, 0.05) is 18.3 Å². The molecule has 7 nitrogen and oxygen atoms in total. The first kappa shape index (κ1) is 16.4. The van der Waals surface area contributed by atoms with Gasteiger partial charge in [0.1, 0.15) is 18.4 Å². The number of nitrogens with one attached hydrogen (secondary N) is 2. The summed E-state index contributed by atoms with van der Waals surface area (Å²) in [4.78, 5) is 27.2. The average molecular weight is 366 g/mol. The number of aromatic nitrogens is 2. The summed E-state index contributed by atoms with van der Waals surface area (Å²) in [5, 5.41) is 10.1. The number of aromatic amines is 1. The van der Waals surface area contributed by atoms with E-state index >= 15 is 0 Å². The maximum Gasteiger partial charge on any atom is 0.272 e. The van der Waals surface area contributed by atoms with Crippen LogP contribution in [0.2, 0.25) is 0 Å². The number of carbonyl (C=O) groups is 2. The van der Waals surface area contributed by atoms with Crippen molar-refractivity contribution in [3.63, 3.8) is 0 Å². The largest absolute Gasteiger partial charge is 0.489 e. The summed E-state index contributed by atoms with van der Waals surface area (Å²) in [5.74, 6) is 0.749. The van der Waals surface area contributed by atoms with Gasteiger partial charge >= 0.3 is 0 Å². The highest BCUT2D eigenvalue weighted by atomic mass is 16.5. The lowest BCUT2D eigenvalue weighted by Crippen LogP contribution is -2.49. The van der Waals surface area contributed by atoms with Crippen LogP contribution in [0.1, 0.15) is 35.1 Å². The number of hydrogen-bond donors (Lipinski definition) is 2. The number of amides is 2. The normalized spacial score (nSPS) is 28.4. The van der Waals surface area contributed by atoms with Crippen molar-refractivity contribution in [2.75, 3.05) is 18.6 Å². The van der Waals surface area contributed by atoms with E-state index < -0.39 is 6.04 Å². The van der Waals surface area contributed by atoms with E-state index in [0.29, 0.717) is 28.5 Å². The first-order valence-corrected chi connectivity index (χ1v) is 9.33. The molecular formula is C20H22N4O3. The zero-order valence-corrected chi connectivity index (χ0v) is 15.4. The van der Waals surface area contributed by atoms with E-state index in [1.165, 1.54) is 11.3 Å². The second kappa shape index (κ2) is 5.58. The SMILES string of the molecule is CN1C(=O)C(NC(=O)c2n[nH]c3c2CC2CC2(C)C3)COc2ccccc21. The molecule has 0 radical (unpaired) electrons. The van der Waals surface area contributed by atoms with Gasteiger partial charge in [-0.3, -0.25) is 14.7 Å². The van der Waals surface area contributed by atoms with E-state index in [1.807, 2.05) is 24.3 Å². The van der Waals surface area contributed by atoms with Crippen LogP contribution in [0.4, 0.5) is 5.69 Å². The van der Waals surface area contributed by atoms with Gasteiger partial charge in [-0.1, -0.05) is 19.1 Å². The van der Waals surface area contributed by atoms with Crippen LogP contribution in [-0.4, -0.2) is 41.7 Å². The molecule has 1 aromatic heterocycles. The summed E-state index contributed by atoms with van der Waals surface area (Å²) in [6.07, 6.45) is 3.02. The molecule has 2 heterocycles. The molecule has 1 fully saturated rings. The lowest BCUT2D eigenvalue weighted by Gasteiger charge is -2.21. The third-order valence-corrected chi connectivity index (χ3v) is 6.30. The number of anilines is 1. The fourth-order valence-corrected chi connectivity index (χ4v) is 4.43. The number of hydrogen-bond acceptors (Lipinski definition) is 4. The van der Waals surface area contributed by atoms with Gasteiger partial charge in [0.2, 0.25) is 0 Å². The first-order chi connectivity index (χ1) is 13.0. The number of likely N-dealkylation sites (N-methyl/N-ethyl adjacent to an activating group) is 1. The maximum atomic E-state index is 12.9. The standard InChI is InChI=1S/C20H22N4O3/c1-20-8-11(20)7-12-13(9-20)22-23-17(12)18(25)21-14-10-27-16-6-4-3-5-15(16)24(2)19(14)26/h3-6,11,14H,7-10H2,1-2H3,(H,21,25)(H,22,23). The third-order valence-electron chi connectivity index (χ3n) is 6.30. The second-order valence-electron chi connectivity index (χ2n) is 8.17. The number of carbonyl (C=O) groups excluding carboxylic acids is 2. The van der Waals surface area contributed by atoms with E-state index in [9.17, 15) is 9.59 Å². The minimum Gasteiger partial charge on any atom is -0.489 e. The molecule has 2 N–H and O–H groups in total. The van der Waals surface area contributed by atoms with Crippen molar-refractivity contribution in [2.24, 2.45) is 11.3 Å². The number of benzene rings is 1. The topological polar surface area (TPSA) is 87.3 Å². The van der Waals surface area contributed by atoms with Crippen molar-refractivity contribution < 1.29 is 14.3 Å². The lowest BCUT2D eigenvalue weighted by atomic mass is 9.87. The molecule has 3 aliphatic rings. The van der Waals surface area contributed by atoms with Crippen molar-refractivity contribution >= 4 is 17.5 Å². The molecule has 0 bridgehead atoms. The Hall–Kier alpha value is -2.83. The monoisotopic (exact) mass is 366 g/mol. The van der Waals surface area contributed by atoms with Crippen molar-refractivity contribution in [3.8, 4) is 5.75 Å². The van der Waals surface area contributed by atoms with Crippen LogP contribution in [0.25, 0.3) is 0 Å². The Balaban J connectivity index is 1.36. The molecule has 2 aliphatic carbocycles. The minimum atomic E-state index is -0.753. The van der Waals surface area contributed by atoms with E-state index in [1.54, 1.807) is 7.05 Å². The molecule has 3 unspecified atom stereocenters. The van der Waals surface area contributed by atoms with Crippen LogP contribution in [0.3, 0.4) is 0 Å². The molecule has 1 aromatic carbocycles. The van der Waals surface area contributed by atoms with Gasteiger partial charge < -0.3 is 15.0 Å². The Morgan fingerprint density at radius 1 is 1.41 bits per heavy atom. The highest BCUT2D eigenvalue weighted by Crippen LogP contribution is 2.59. The highest BCUT2D eigenvalue weighted by Gasteiger charge is 2.53. The zero-order valence-electron chi connectivity index (χ0n) is 15.4. The predicted octanol–water partition coefficient (Wildman–Crippen LogP) is 1.69. The van der Waals surface area contributed by atoms with Gasteiger partial charge in [0.15, 0.2) is 5.69 Å². The van der Waals surface area contributed by atoms with E-state index in [0.717, 1.165) is 24.1 Å². The Labute approximate surface area is 157 Å². The summed E-state index contributed by atoms with van der Waals surface area (Å²) < 4.78 is 5.76. The molecule has 2 aromatic rings. The molecule has 140 valence electrons. The van der Waals surface area contributed by atoms with Gasteiger partial charge in [-0.05, 0) is 42.7 Å². The molecule has 3 atom stereocenters. The van der Waals surface area contributed by atoms with Gasteiger partial charge in [-0.25, -0.2) is 0 Å². The number of fused-ring (bicyclic) bond motifs is 3. The Morgan fingerprint density at radius 3 is 3.07 bits per heavy atom. The summed E-state index contributed by atoms with van der Waals surface area (Å²) >= 11 is 0. The number of H-pyrrole nitrogens is 1. The summed E-state index contributed by atoms with van der Waals surface area (Å²) in [5.41, 5.74) is 3.54. The molecule has 2 amide bonds. The predicted molar refractivity (Wildman–Crippen MR) is 98.8 cm³/mol. The van der Waals surface area contributed by atoms with E-state index in [-0.39, 0.29) is 18.4 Å². The average Bonchev–Trinajstić information content (AvgIpc) is 3.19. The highest BCUT2D eigenvalue weighted by molar-refractivity contribution is 6.03. The van der Waals surface area contributed by atoms with Crippen LogP contribution in [-0.2, 0) is 17.6 Å². The molecule has 1 saturated carbocycles. The Kier molecular flexibility index (Phi) is 3.38. The Bertz CT molecular complexity index is 952. The van der Waals surface area contributed by atoms with Gasteiger partial charge in [0.25, 0.3) is 11.8 Å². The van der Waals surface area contributed by atoms with Crippen LogP contribution in [0.15, 0.2) is 24.3 Å². The van der Waals surface area contributed by atoms with Crippen molar-refractivity contribution in [1.29, 1.82) is 0 Å². The second-order valence-corrected chi connectivity index (χ2v) is 8.17. The third kappa shape index (κ3) is 2.52. The van der Waals surface area contributed by atoms with Crippen LogP contribution in [0.5, 0.6) is 5.75 Å². The molecule has 1 aliphatic heterocycles. The number of nitrogens with zero attached hydrogens (tertiary/aromatic N) is 2. The first-order valence-electron chi connectivity index (χ1n) is 9.33. The van der Waals surface area contributed by atoms with E-state index in [2.05, 4.69) is 22.4 Å². The van der Waals surface area contributed by atoms with Crippen molar-refractivity contribution in [1.82, 2.24) is 15.5 Å². The van der Waals surface area contributed by atoms with Gasteiger partial charge in [0.05, 0.1) is 5.69 Å². The number of rotatable bonds is 2. The molecule has 5 rings (SSSR count). The number of para-hydroxylation sites is 2. The van der Waals surface area contributed by atoms with Crippen LogP contribution >= 0.6 is 0 Å². The number of ether oxygens (including phenoxy) is 1. The smallest absolute Gasteiger partial charge is 0.272 e. The van der Waals surface area contributed by atoms with Crippen molar-refractivity contribution in [2.45, 2.75) is 32.2 Å². The maximum absolute atomic E-state index is 12.9. The quantitative estimate of drug-likeness (QED) is 0.847. The van der Waals surface area contributed by atoms with E-state index in [4.69, 9.17) is 4.74 Å². The minimum absolute atomic E-state index is 0.0965. The van der Waals surface area contributed by atoms with Crippen LogP contribution in [0, 0.1) is 11.3 Å². The molecule has 7 heteroatoms. The van der Waals surface area contributed by atoms with Gasteiger partial charge in [-0.2, -0.15) is 5.10 Å². The Morgan fingerprint density at radius 2 is 2.22 bits per heavy atom. The van der Waals surface area contributed by atoms with Gasteiger partial charge in [-0.15, -0.1) is 0 Å².